The fraction of sp³-hybridized carbons (Fsp3) is 0. The molecule has 1 heterocycles. The highest BCUT2D eigenvalue weighted by Crippen LogP contribution is 2.33. The molecule has 0 aromatic heterocycles. The van der Waals surface area contributed by atoms with E-state index >= 15 is 0 Å². The Morgan fingerprint density at radius 2 is 1.57 bits per heavy atom. The summed E-state index contributed by atoms with van der Waals surface area (Å²) in [6, 6.07) is 22.2. The van der Waals surface area contributed by atoms with E-state index in [1.165, 1.54) is 5.39 Å². The minimum absolute atomic E-state index is 0.0378. The van der Waals surface area contributed by atoms with Crippen molar-refractivity contribution in [2.24, 2.45) is 0 Å². The highest BCUT2D eigenvalue weighted by Gasteiger charge is 2.23. The second kappa shape index (κ2) is 4.60. The third kappa shape index (κ3) is 1.93. The topological polar surface area (TPSA) is 29.1 Å². The van der Waals surface area contributed by atoms with Crippen molar-refractivity contribution in [3.05, 3.63) is 77.9 Å². The lowest BCUT2D eigenvalue weighted by molar-refractivity contribution is -0.110. The summed E-state index contributed by atoms with van der Waals surface area (Å²) in [4.78, 5) is 12.2. The Morgan fingerprint density at radius 3 is 2.52 bits per heavy atom. The number of hydrogen-bond acceptors (Lipinski definition) is 1. The van der Waals surface area contributed by atoms with Gasteiger partial charge in [0, 0.05) is 16.8 Å². The fourth-order valence-corrected chi connectivity index (χ4v) is 2.81. The van der Waals surface area contributed by atoms with E-state index in [4.69, 9.17) is 0 Å². The number of para-hydroxylation sites is 1. The Hall–Kier alpha value is -2.87. The molecule has 3 aromatic rings. The molecule has 21 heavy (non-hydrogen) atoms. The molecule has 0 radical (unpaired) electrons. The predicted molar refractivity (Wildman–Crippen MR) is 86.9 cm³/mol. The summed E-state index contributed by atoms with van der Waals surface area (Å²) in [5, 5.41) is 5.24. The third-order valence-electron chi connectivity index (χ3n) is 3.83. The molecule has 0 saturated carbocycles. The Labute approximate surface area is 122 Å². The van der Waals surface area contributed by atoms with Crippen LogP contribution in [0.2, 0.25) is 0 Å². The first kappa shape index (κ1) is 11.9. The van der Waals surface area contributed by atoms with Gasteiger partial charge in [-0.2, -0.15) is 0 Å². The molecule has 100 valence electrons. The molecule has 1 N–H and O–H groups in total. The summed E-state index contributed by atoms with van der Waals surface area (Å²) in [5.74, 6) is -0.0378. The first-order valence-electron chi connectivity index (χ1n) is 6.93. The SMILES string of the molecule is O=C1Nc2ccccc2/C1=C\c1cccc2ccccc12. The van der Waals surface area contributed by atoms with Gasteiger partial charge >= 0.3 is 0 Å². The van der Waals surface area contributed by atoms with Crippen molar-refractivity contribution in [1.82, 2.24) is 0 Å². The lowest BCUT2D eigenvalue weighted by Crippen LogP contribution is -2.03. The van der Waals surface area contributed by atoms with Crippen LogP contribution >= 0.6 is 0 Å². The molecular formula is C19H13NO. The molecule has 0 atom stereocenters. The molecule has 2 nitrogen and oxygen atoms in total. The van der Waals surface area contributed by atoms with E-state index in [9.17, 15) is 4.79 Å². The van der Waals surface area contributed by atoms with Crippen LogP contribution in [-0.2, 0) is 4.79 Å². The van der Waals surface area contributed by atoms with Crippen molar-refractivity contribution < 1.29 is 4.79 Å². The van der Waals surface area contributed by atoms with Gasteiger partial charge in [0.15, 0.2) is 0 Å². The zero-order chi connectivity index (χ0) is 14.2. The first-order chi connectivity index (χ1) is 10.3. The van der Waals surface area contributed by atoms with Gasteiger partial charge in [0.25, 0.3) is 5.91 Å². The Morgan fingerprint density at radius 1 is 0.810 bits per heavy atom. The van der Waals surface area contributed by atoms with Crippen molar-refractivity contribution in [3.63, 3.8) is 0 Å². The zero-order valence-electron chi connectivity index (χ0n) is 11.3. The van der Waals surface area contributed by atoms with E-state index in [0.29, 0.717) is 0 Å². The van der Waals surface area contributed by atoms with Crippen molar-refractivity contribution >= 4 is 34.0 Å². The first-order valence-corrected chi connectivity index (χ1v) is 6.93. The van der Waals surface area contributed by atoms with Crippen molar-refractivity contribution in [1.29, 1.82) is 0 Å². The maximum Gasteiger partial charge on any atom is 0.256 e. The molecule has 0 fully saturated rings. The summed E-state index contributed by atoms with van der Waals surface area (Å²) in [7, 11) is 0. The van der Waals surface area contributed by atoms with Crippen LogP contribution in [0.5, 0.6) is 0 Å². The summed E-state index contributed by atoms with van der Waals surface area (Å²) in [6.45, 7) is 0. The highest BCUT2D eigenvalue weighted by molar-refractivity contribution is 6.35. The number of rotatable bonds is 1. The largest absolute Gasteiger partial charge is 0.321 e. The standard InChI is InChI=1S/C19H13NO/c21-19-17(16-10-3-4-11-18(16)20-19)12-14-8-5-7-13-6-1-2-9-15(13)14/h1-12H,(H,20,21)/b17-12+. The molecule has 1 amide bonds. The quantitative estimate of drug-likeness (QED) is 0.656. The van der Waals surface area contributed by atoms with Gasteiger partial charge in [-0.1, -0.05) is 60.7 Å². The van der Waals surface area contributed by atoms with E-state index in [1.807, 2.05) is 54.6 Å². The molecule has 0 unspecified atom stereocenters. The van der Waals surface area contributed by atoms with E-state index in [2.05, 4.69) is 23.5 Å². The number of benzene rings is 3. The summed E-state index contributed by atoms with van der Waals surface area (Å²) in [6.07, 6.45) is 1.98. The Bertz CT molecular complexity index is 887. The highest BCUT2D eigenvalue weighted by atomic mass is 16.2. The number of fused-ring (bicyclic) bond motifs is 2. The molecule has 0 bridgehead atoms. The average Bonchev–Trinajstić information content (AvgIpc) is 2.84. The van der Waals surface area contributed by atoms with Crippen LogP contribution in [0.3, 0.4) is 0 Å². The van der Waals surface area contributed by atoms with E-state index in [0.717, 1.165) is 27.8 Å². The monoisotopic (exact) mass is 271 g/mol. The van der Waals surface area contributed by atoms with E-state index in [1.54, 1.807) is 0 Å². The number of amides is 1. The van der Waals surface area contributed by atoms with E-state index in [-0.39, 0.29) is 5.91 Å². The second-order valence-electron chi connectivity index (χ2n) is 5.13. The normalized spacial score (nSPS) is 15.2. The number of nitrogens with one attached hydrogen (secondary N) is 1. The molecule has 1 aliphatic rings. The van der Waals surface area contributed by atoms with Gasteiger partial charge in [-0.25, -0.2) is 0 Å². The van der Waals surface area contributed by atoms with E-state index < -0.39 is 0 Å². The van der Waals surface area contributed by atoms with Crippen LogP contribution in [0, 0.1) is 0 Å². The molecule has 0 aliphatic carbocycles. The minimum atomic E-state index is -0.0378. The molecule has 3 aromatic carbocycles. The number of carbonyl (C=O) groups excluding carboxylic acids is 1. The molecular weight excluding hydrogens is 258 g/mol. The molecule has 4 rings (SSSR count). The van der Waals surface area contributed by atoms with Gasteiger partial charge < -0.3 is 5.32 Å². The van der Waals surface area contributed by atoms with Gasteiger partial charge in [-0.05, 0) is 28.5 Å². The maximum atomic E-state index is 12.2. The van der Waals surface area contributed by atoms with Crippen LogP contribution in [0.1, 0.15) is 11.1 Å². The second-order valence-corrected chi connectivity index (χ2v) is 5.13. The number of carbonyl (C=O) groups is 1. The van der Waals surface area contributed by atoms with Gasteiger partial charge in [0.2, 0.25) is 0 Å². The van der Waals surface area contributed by atoms with Gasteiger partial charge in [0.05, 0.1) is 0 Å². The summed E-state index contributed by atoms with van der Waals surface area (Å²) < 4.78 is 0. The predicted octanol–water partition coefficient (Wildman–Crippen LogP) is 4.33. The van der Waals surface area contributed by atoms with Crippen molar-refractivity contribution in [2.45, 2.75) is 0 Å². The summed E-state index contributed by atoms with van der Waals surface area (Å²) >= 11 is 0. The van der Waals surface area contributed by atoms with Crippen molar-refractivity contribution in [2.75, 3.05) is 5.32 Å². The van der Waals surface area contributed by atoms with Gasteiger partial charge in [0.1, 0.15) is 0 Å². The lowest BCUT2D eigenvalue weighted by Gasteiger charge is -2.03. The lowest BCUT2D eigenvalue weighted by atomic mass is 10.00. The molecule has 0 saturated heterocycles. The molecule has 1 aliphatic heterocycles. The Balaban J connectivity index is 1.93. The third-order valence-corrected chi connectivity index (χ3v) is 3.83. The molecule has 2 heteroatoms. The maximum absolute atomic E-state index is 12.2. The van der Waals surface area contributed by atoms with Gasteiger partial charge in [-0.15, -0.1) is 0 Å². The van der Waals surface area contributed by atoms with Crippen molar-refractivity contribution in [3.8, 4) is 0 Å². The average molecular weight is 271 g/mol. The minimum Gasteiger partial charge on any atom is -0.321 e. The van der Waals surface area contributed by atoms with Crippen LogP contribution in [0.25, 0.3) is 22.4 Å². The van der Waals surface area contributed by atoms with Crippen LogP contribution in [-0.4, -0.2) is 5.91 Å². The van der Waals surface area contributed by atoms with Crippen LogP contribution < -0.4 is 5.32 Å². The zero-order valence-corrected chi connectivity index (χ0v) is 11.3. The van der Waals surface area contributed by atoms with Crippen LogP contribution in [0.15, 0.2) is 66.7 Å². The van der Waals surface area contributed by atoms with Gasteiger partial charge in [-0.3, -0.25) is 4.79 Å². The van der Waals surface area contributed by atoms with Crippen LogP contribution in [0.4, 0.5) is 5.69 Å². The fourth-order valence-electron chi connectivity index (χ4n) is 2.81. The Kier molecular flexibility index (Phi) is 2.61. The number of hydrogen-bond donors (Lipinski definition) is 1. The smallest absolute Gasteiger partial charge is 0.256 e. The summed E-state index contributed by atoms with van der Waals surface area (Å²) in [5.41, 5.74) is 3.64. The molecule has 0 spiro atoms. The number of anilines is 1.